The molecule has 1 aliphatic heterocycles. The Labute approximate surface area is 40.4 Å². The molecule has 0 spiro atoms. The summed E-state index contributed by atoms with van der Waals surface area (Å²) in [4.78, 5) is 0. The Kier molecular flexibility index (Phi) is 0.918. The average Bonchev–Trinajstić information content (AvgIpc) is 1.87. The molecule has 0 fully saturated rings. The van der Waals surface area contributed by atoms with Gasteiger partial charge in [0.15, 0.2) is 0 Å². The molecular formula is C2H5N4O-. The van der Waals surface area contributed by atoms with Crippen molar-refractivity contribution in [1.82, 2.24) is 5.17 Å². The molecule has 1 unspecified atom stereocenters. The second kappa shape index (κ2) is 1.43. The third-order valence-corrected chi connectivity index (χ3v) is 0.643. The number of rotatable bonds is 0. The van der Waals surface area contributed by atoms with Crippen molar-refractivity contribution in [3.63, 3.8) is 0 Å². The van der Waals surface area contributed by atoms with E-state index in [2.05, 4.69) is 10.3 Å². The summed E-state index contributed by atoms with van der Waals surface area (Å²) in [6.07, 6.45) is -0.405. The minimum absolute atomic E-state index is 0.194. The van der Waals surface area contributed by atoms with E-state index in [1.165, 1.54) is 0 Å². The van der Waals surface area contributed by atoms with Crippen LogP contribution in [0.3, 0.4) is 0 Å². The highest BCUT2D eigenvalue weighted by atomic mass is 16.5. The molecule has 1 atom stereocenters. The predicted octanol–water partition coefficient (Wildman–Crippen LogP) is -0.548. The normalized spacial score (nSPS) is 29.4. The van der Waals surface area contributed by atoms with Gasteiger partial charge in [-0.2, -0.15) is 5.11 Å². The standard InChI is InChI=1S/C2H5N4O/c3-2-1-6(7)5-4-2/h2H,1,3H2/q-1. The molecule has 0 amide bonds. The maximum absolute atomic E-state index is 10.0. The fourth-order valence-electron chi connectivity index (χ4n) is 0.357. The molecule has 1 heterocycles. The summed E-state index contributed by atoms with van der Waals surface area (Å²) in [5.74, 6) is 0. The monoisotopic (exact) mass is 101 g/mol. The van der Waals surface area contributed by atoms with Gasteiger partial charge in [0.05, 0.1) is 6.54 Å². The first-order valence-electron chi connectivity index (χ1n) is 1.90. The van der Waals surface area contributed by atoms with E-state index in [1.807, 2.05) is 0 Å². The highest BCUT2D eigenvalue weighted by Gasteiger charge is 2.04. The van der Waals surface area contributed by atoms with Crippen LogP contribution in [0.25, 0.3) is 0 Å². The van der Waals surface area contributed by atoms with E-state index in [-0.39, 0.29) is 6.54 Å². The fourth-order valence-corrected chi connectivity index (χ4v) is 0.357. The summed E-state index contributed by atoms with van der Waals surface area (Å²) in [5, 5.41) is 16.9. The Morgan fingerprint density at radius 1 is 1.86 bits per heavy atom. The maximum atomic E-state index is 10.0. The number of hydroxylamine groups is 1. The Balaban J connectivity index is 2.42. The topological polar surface area (TPSA) is 77.0 Å². The van der Waals surface area contributed by atoms with Crippen LogP contribution in [0.15, 0.2) is 10.3 Å². The summed E-state index contributed by atoms with van der Waals surface area (Å²) in [7, 11) is 0. The van der Waals surface area contributed by atoms with Gasteiger partial charge in [-0.3, -0.25) is 0 Å². The van der Waals surface area contributed by atoms with Gasteiger partial charge in [-0.05, 0) is 0 Å². The van der Waals surface area contributed by atoms with Crippen LogP contribution < -0.4 is 5.73 Å². The van der Waals surface area contributed by atoms with Crippen LogP contribution in [0.4, 0.5) is 0 Å². The van der Waals surface area contributed by atoms with Crippen LogP contribution in [-0.4, -0.2) is 17.9 Å². The zero-order valence-corrected chi connectivity index (χ0v) is 3.61. The smallest absolute Gasteiger partial charge is 0.139 e. The summed E-state index contributed by atoms with van der Waals surface area (Å²) in [6.45, 7) is 0.194. The number of nitrogens with zero attached hydrogens (tertiary/aromatic N) is 3. The second-order valence-corrected chi connectivity index (χ2v) is 1.31. The second-order valence-electron chi connectivity index (χ2n) is 1.31. The van der Waals surface area contributed by atoms with E-state index in [9.17, 15) is 5.21 Å². The summed E-state index contributed by atoms with van der Waals surface area (Å²) < 4.78 is 0. The molecule has 1 aliphatic rings. The van der Waals surface area contributed by atoms with Crippen LogP contribution in [-0.2, 0) is 0 Å². The van der Waals surface area contributed by atoms with Crippen LogP contribution in [0.5, 0.6) is 0 Å². The van der Waals surface area contributed by atoms with Crippen molar-refractivity contribution in [1.29, 1.82) is 0 Å². The molecule has 0 aromatic carbocycles. The zero-order chi connectivity index (χ0) is 5.28. The first-order valence-corrected chi connectivity index (χ1v) is 1.90. The van der Waals surface area contributed by atoms with E-state index in [1.54, 1.807) is 0 Å². The highest BCUT2D eigenvalue weighted by Crippen LogP contribution is 1.99. The lowest BCUT2D eigenvalue weighted by atomic mass is 10.6. The van der Waals surface area contributed by atoms with Crippen LogP contribution in [0.2, 0.25) is 0 Å². The van der Waals surface area contributed by atoms with Gasteiger partial charge >= 0.3 is 0 Å². The van der Waals surface area contributed by atoms with Gasteiger partial charge in [0.25, 0.3) is 0 Å². The minimum atomic E-state index is -0.405. The van der Waals surface area contributed by atoms with Gasteiger partial charge < -0.3 is 16.1 Å². The van der Waals surface area contributed by atoms with E-state index in [0.717, 1.165) is 0 Å². The van der Waals surface area contributed by atoms with E-state index >= 15 is 0 Å². The molecule has 0 bridgehead atoms. The number of hydrogen-bond donors (Lipinski definition) is 1. The molecule has 0 saturated heterocycles. The molecular weight excluding hydrogens is 96.0 g/mol. The van der Waals surface area contributed by atoms with Gasteiger partial charge in [0.1, 0.15) is 6.17 Å². The van der Waals surface area contributed by atoms with E-state index in [4.69, 9.17) is 5.73 Å². The lowest BCUT2D eigenvalue weighted by Crippen LogP contribution is -2.23. The van der Waals surface area contributed by atoms with Crippen LogP contribution in [0.1, 0.15) is 0 Å². The third kappa shape index (κ3) is 0.847. The van der Waals surface area contributed by atoms with Gasteiger partial charge in [-0.25, -0.2) is 0 Å². The molecule has 0 radical (unpaired) electrons. The molecule has 0 aromatic heterocycles. The van der Waals surface area contributed by atoms with Crippen molar-refractivity contribution in [2.75, 3.05) is 6.54 Å². The first-order chi connectivity index (χ1) is 3.29. The van der Waals surface area contributed by atoms with Crippen molar-refractivity contribution in [2.24, 2.45) is 16.1 Å². The third-order valence-electron chi connectivity index (χ3n) is 0.643. The van der Waals surface area contributed by atoms with Crippen molar-refractivity contribution >= 4 is 0 Å². The lowest BCUT2D eigenvalue weighted by Gasteiger charge is -2.15. The lowest BCUT2D eigenvalue weighted by molar-refractivity contribution is 0.429. The summed E-state index contributed by atoms with van der Waals surface area (Å²) >= 11 is 0. The summed E-state index contributed by atoms with van der Waals surface area (Å²) in [5.41, 5.74) is 5.12. The van der Waals surface area contributed by atoms with Gasteiger partial charge in [-0.15, -0.1) is 0 Å². The Hall–Kier alpha value is -0.680. The van der Waals surface area contributed by atoms with E-state index < -0.39 is 6.17 Å². The molecule has 2 N–H and O–H groups in total. The SMILES string of the molecule is NC1CN([O-])N=N1. The van der Waals surface area contributed by atoms with E-state index in [0.29, 0.717) is 5.17 Å². The molecule has 0 aliphatic carbocycles. The van der Waals surface area contributed by atoms with Crippen molar-refractivity contribution in [3.8, 4) is 0 Å². The van der Waals surface area contributed by atoms with Crippen LogP contribution in [0, 0.1) is 5.21 Å². The molecule has 7 heavy (non-hydrogen) atoms. The molecule has 5 nitrogen and oxygen atoms in total. The highest BCUT2D eigenvalue weighted by molar-refractivity contribution is 4.65. The predicted molar refractivity (Wildman–Crippen MR) is 22.9 cm³/mol. The van der Waals surface area contributed by atoms with Crippen molar-refractivity contribution in [2.45, 2.75) is 6.17 Å². The Morgan fingerprint density at radius 2 is 2.57 bits per heavy atom. The van der Waals surface area contributed by atoms with Gasteiger partial charge in [0, 0.05) is 0 Å². The summed E-state index contributed by atoms with van der Waals surface area (Å²) in [6, 6.07) is 0. The first kappa shape index (κ1) is 4.48. The molecule has 1 rings (SSSR count). The minimum Gasteiger partial charge on any atom is -0.740 e. The molecule has 40 valence electrons. The Morgan fingerprint density at radius 3 is 2.71 bits per heavy atom. The average molecular weight is 101 g/mol. The number of nitrogens with two attached hydrogens (primary N) is 1. The number of hydrogen-bond acceptors (Lipinski definition) is 5. The largest absolute Gasteiger partial charge is 0.740 e. The van der Waals surface area contributed by atoms with Crippen molar-refractivity contribution < 1.29 is 0 Å². The molecule has 0 aromatic rings. The van der Waals surface area contributed by atoms with Gasteiger partial charge in [0.2, 0.25) is 0 Å². The fraction of sp³-hybridized carbons (Fsp3) is 1.00. The molecule has 5 heteroatoms. The van der Waals surface area contributed by atoms with Gasteiger partial charge in [-0.1, -0.05) is 5.22 Å². The molecule has 0 saturated carbocycles. The maximum Gasteiger partial charge on any atom is 0.139 e. The zero-order valence-electron chi connectivity index (χ0n) is 3.61. The Bertz CT molecular complexity index is 81.7. The van der Waals surface area contributed by atoms with Crippen molar-refractivity contribution in [3.05, 3.63) is 5.21 Å². The van der Waals surface area contributed by atoms with Crippen LogP contribution >= 0.6 is 0 Å². The quantitative estimate of drug-likeness (QED) is 0.444.